The Morgan fingerprint density at radius 3 is 2.64 bits per heavy atom. The molecule has 2 amide bonds. The molecule has 12 heteroatoms. The number of fused-ring (bicyclic) bond motifs is 1. The van der Waals surface area contributed by atoms with Gasteiger partial charge in [0.2, 0.25) is 18.1 Å². The first-order chi connectivity index (χ1) is 15.5. The summed E-state index contributed by atoms with van der Waals surface area (Å²) in [4.78, 5) is 50.9. The summed E-state index contributed by atoms with van der Waals surface area (Å²) in [6, 6.07) is 2.32. The van der Waals surface area contributed by atoms with Crippen molar-refractivity contribution in [1.29, 1.82) is 0 Å². The standard InChI is InChI=1S/C21H26FN3O7S/c1-5-30-20(29)32-10(2)31-19(28)15-21(3,4)33-18-14(17(27)25(15)18)24-16(26)13(23)11-7-6-8-12(22)9-11/h6-10,13-15,18H,5,23H2,1-4H3,(H,24,26)/t10?,13?,14-,15+,18-/m1/s1. The van der Waals surface area contributed by atoms with Gasteiger partial charge >= 0.3 is 12.1 Å². The van der Waals surface area contributed by atoms with Gasteiger partial charge in [0, 0.05) is 11.7 Å². The molecule has 1 aromatic rings. The van der Waals surface area contributed by atoms with E-state index in [1.54, 1.807) is 20.8 Å². The van der Waals surface area contributed by atoms with Gasteiger partial charge in [0.1, 0.15) is 29.3 Å². The van der Waals surface area contributed by atoms with Gasteiger partial charge in [-0.05, 0) is 38.5 Å². The molecule has 2 saturated heterocycles. The van der Waals surface area contributed by atoms with Crippen LogP contribution in [-0.4, -0.2) is 63.9 Å². The van der Waals surface area contributed by atoms with Crippen LogP contribution in [0.2, 0.25) is 0 Å². The van der Waals surface area contributed by atoms with E-state index in [2.05, 4.69) is 10.1 Å². The Bertz CT molecular complexity index is 960. The molecule has 2 heterocycles. The molecule has 3 rings (SSSR count). The first-order valence-corrected chi connectivity index (χ1v) is 11.2. The minimum atomic E-state index is -1.22. The van der Waals surface area contributed by atoms with Gasteiger partial charge in [-0.15, -0.1) is 11.8 Å². The normalized spacial score (nSPS) is 24.7. The fourth-order valence-electron chi connectivity index (χ4n) is 3.76. The Morgan fingerprint density at radius 2 is 2.00 bits per heavy atom. The van der Waals surface area contributed by atoms with Crippen LogP contribution in [-0.2, 0) is 28.6 Å². The smallest absolute Gasteiger partial charge is 0.435 e. The van der Waals surface area contributed by atoms with Crippen LogP contribution in [0, 0.1) is 5.82 Å². The first-order valence-electron chi connectivity index (χ1n) is 10.3. The number of nitrogens with one attached hydrogen (secondary N) is 1. The number of halogens is 1. The molecule has 180 valence electrons. The van der Waals surface area contributed by atoms with Gasteiger partial charge < -0.3 is 30.2 Å². The molecular weight excluding hydrogens is 457 g/mol. The number of carbonyl (C=O) groups is 4. The zero-order chi connectivity index (χ0) is 24.5. The molecule has 33 heavy (non-hydrogen) atoms. The number of ether oxygens (including phenoxy) is 3. The number of carbonyl (C=O) groups excluding carboxylic acids is 4. The Kier molecular flexibility index (Phi) is 7.17. The highest BCUT2D eigenvalue weighted by Gasteiger charge is 2.64. The molecular formula is C21H26FN3O7S. The van der Waals surface area contributed by atoms with Gasteiger partial charge in [-0.3, -0.25) is 9.59 Å². The topological polar surface area (TPSA) is 137 Å². The van der Waals surface area contributed by atoms with Crippen molar-refractivity contribution < 1.29 is 37.8 Å². The Balaban J connectivity index is 1.64. The summed E-state index contributed by atoms with van der Waals surface area (Å²) in [5.41, 5.74) is 6.20. The number of esters is 1. The number of thioether (sulfide) groups is 1. The van der Waals surface area contributed by atoms with Crippen molar-refractivity contribution in [3.8, 4) is 0 Å². The van der Waals surface area contributed by atoms with Gasteiger partial charge in [-0.25, -0.2) is 14.0 Å². The second-order valence-corrected chi connectivity index (χ2v) is 9.86. The minimum Gasteiger partial charge on any atom is -0.435 e. The molecule has 0 saturated carbocycles. The number of benzene rings is 1. The first kappa shape index (κ1) is 24.8. The lowest BCUT2D eigenvalue weighted by molar-refractivity contribution is -0.180. The van der Waals surface area contributed by atoms with E-state index in [4.69, 9.17) is 15.2 Å². The molecule has 1 aromatic carbocycles. The van der Waals surface area contributed by atoms with Crippen LogP contribution in [0.3, 0.4) is 0 Å². The van der Waals surface area contributed by atoms with Crippen LogP contribution in [0.15, 0.2) is 24.3 Å². The summed E-state index contributed by atoms with van der Waals surface area (Å²) in [5, 5.41) is 2.08. The third-order valence-corrected chi connectivity index (χ3v) is 6.83. The number of hydrogen-bond acceptors (Lipinski definition) is 9. The van der Waals surface area contributed by atoms with Gasteiger partial charge in [0.05, 0.1) is 6.61 Å². The van der Waals surface area contributed by atoms with Crippen molar-refractivity contribution >= 4 is 35.7 Å². The van der Waals surface area contributed by atoms with Crippen LogP contribution in [0.4, 0.5) is 9.18 Å². The third-order valence-electron chi connectivity index (χ3n) is 5.26. The number of rotatable bonds is 7. The largest absolute Gasteiger partial charge is 0.511 e. The molecule has 2 aliphatic heterocycles. The molecule has 2 fully saturated rings. The number of nitrogens with two attached hydrogens (primary N) is 1. The fourth-order valence-corrected chi connectivity index (χ4v) is 5.38. The highest BCUT2D eigenvalue weighted by atomic mass is 32.2. The van der Waals surface area contributed by atoms with Crippen molar-refractivity contribution in [2.45, 2.75) is 62.2 Å². The van der Waals surface area contributed by atoms with Gasteiger partial charge in [0.25, 0.3) is 0 Å². The van der Waals surface area contributed by atoms with Crippen molar-refractivity contribution in [2.75, 3.05) is 6.61 Å². The average molecular weight is 484 g/mol. The van der Waals surface area contributed by atoms with Crippen molar-refractivity contribution in [3.63, 3.8) is 0 Å². The maximum atomic E-state index is 13.4. The van der Waals surface area contributed by atoms with E-state index in [-0.39, 0.29) is 12.2 Å². The van der Waals surface area contributed by atoms with Crippen molar-refractivity contribution in [1.82, 2.24) is 10.2 Å². The molecule has 0 spiro atoms. The Labute approximate surface area is 194 Å². The van der Waals surface area contributed by atoms with Crippen molar-refractivity contribution in [2.24, 2.45) is 5.73 Å². The van der Waals surface area contributed by atoms with Crippen LogP contribution in [0.5, 0.6) is 0 Å². The predicted octanol–water partition coefficient (Wildman–Crippen LogP) is 1.43. The second-order valence-electron chi connectivity index (χ2n) is 8.08. The molecule has 2 aliphatic rings. The van der Waals surface area contributed by atoms with Crippen LogP contribution in [0.25, 0.3) is 0 Å². The van der Waals surface area contributed by atoms with E-state index in [9.17, 15) is 23.6 Å². The zero-order valence-corrected chi connectivity index (χ0v) is 19.4. The maximum Gasteiger partial charge on any atom is 0.511 e. The summed E-state index contributed by atoms with van der Waals surface area (Å²) in [6.45, 7) is 6.60. The SMILES string of the molecule is CCOC(=O)OC(C)OC(=O)[C@@H]1N2C(=O)[C@@H](NC(=O)C(N)c3cccc(F)c3)[C@H]2SC1(C)C. The summed E-state index contributed by atoms with van der Waals surface area (Å²) in [5.74, 6) is -2.39. The molecule has 2 unspecified atom stereocenters. The monoisotopic (exact) mass is 483 g/mol. The van der Waals surface area contributed by atoms with E-state index in [0.29, 0.717) is 0 Å². The number of hydrogen-bond donors (Lipinski definition) is 2. The lowest BCUT2D eigenvalue weighted by Crippen LogP contribution is -2.71. The van der Waals surface area contributed by atoms with E-state index in [1.165, 1.54) is 41.8 Å². The molecule has 0 aliphatic carbocycles. The van der Waals surface area contributed by atoms with Gasteiger partial charge in [-0.2, -0.15) is 0 Å². The lowest BCUT2D eigenvalue weighted by atomic mass is 9.95. The number of β-lactam (4-membered cyclic amide) rings is 1. The molecule has 3 N–H and O–H groups in total. The third kappa shape index (κ3) is 5.06. The van der Waals surface area contributed by atoms with E-state index in [0.717, 1.165) is 6.07 Å². The molecule has 0 radical (unpaired) electrons. The summed E-state index contributed by atoms with van der Waals surface area (Å²) < 4.78 is 27.4. The highest BCUT2D eigenvalue weighted by molar-refractivity contribution is 8.01. The van der Waals surface area contributed by atoms with Crippen LogP contribution < -0.4 is 11.1 Å². The second kappa shape index (κ2) is 9.56. The Hall–Kier alpha value is -2.86. The lowest BCUT2D eigenvalue weighted by Gasteiger charge is -2.44. The summed E-state index contributed by atoms with van der Waals surface area (Å²) >= 11 is 1.32. The maximum absolute atomic E-state index is 13.4. The average Bonchev–Trinajstić information content (AvgIpc) is 2.99. The molecule has 10 nitrogen and oxygen atoms in total. The molecule has 0 aromatic heterocycles. The van der Waals surface area contributed by atoms with Crippen molar-refractivity contribution in [3.05, 3.63) is 35.6 Å². The van der Waals surface area contributed by atoms with E-state index in [1.807, 2.05) is 0 Å². The van der Waals surface area contributed by atoms with E-state index >= 15 is 0 Å². The van der Waals surface area contributed by atoms with Gasteiger partial charge in [-0.1, -0.05) is 12.1 Å². The zero-order valence-electron chi connectivity index (χ0n) is 18.6. The quantitative estimate of drug-likeness (QED) is 0.335. The fraction of sp³-hybridized carbons (Fsp3) is 0.524. The highest BCUT2D eigenvalue weighted by Crippen LogP contribution is 2.51. The summed E-state index contributed by atoms with van der Waals surface area (Å²) in [7, 11) is 0. The Morgan fingerprint density at radius 1 is 1.30 bits per heavy atom. The van der Waals surface area contributed by atoms with Gasteiger partial charge in [0.15, 0.2) is 0 Å². The van der Waals surface area contributed by atoms with Crippen LogP contribution in [0.1, 0.15) is 39.3 Å². The van der Waals surface area contributed by atoms with E-state index < -0.39 is 64.3 Å². The number of nitrogens with zero attached hydrogens (tertiary/aromatic N) is 1. The predicted molar refractivity (Wildman–Crippen MR) is 115 cm³/mol. The molecule has 0 bridgehead atoms. The summed E-state index contributed by atoms with van der Waals surface area (Å²) in [6.07, 6.45) is -2.19. The molecule has 5 atom stereocenters. The van der Waals surface area contributed by atoms with Crippen LogP contribution >= 0.6 is 11.8 Å². The number of amides is 2. The minimum absolute atomic E-state index is 0.103.